The molecule has 0 bridgehead atoms. The van der Waals surface area contributed by atoms with E-state index in [2.05, 4.69) is 50.1 Å². The molecule has 3 rings (SSSR count). The fourth-order valence-electron chi connectivity index (χ4n) is 4.49. The first-order valence-corrected chi connectivity index (χ1v) is 9.19. The van der Waals surface area contributed by atoms with Crippen LogP contribution in [0.4, 0.5) is 5.82 Å². The molecule has 0 spiro atoms. The fourth-order valence-corrected chi connectivity index (χ4v) is 4.49. The Kier molecular flexibility index (Phi) is 4.97. The quantitative estimate of drug-likeness (QED) is 0.904. The standard InChI is InChI=1S/C18H33N5/c1-13(2)17-14(18(21(3)4)22(5)20-17)12-19-15-9-11-23-10-7-6-8-16(15)23/h13,15-16,19H,6-12H2,1-5H3/t15-,16-/m1/s1. The molecule has 130 valence electrons. The molecule has 0 amide bonds. The van der Waals surface area contributed by atoms with Crippen LogP contribution >= 0.6 is 0 Å². The number of nitrogens with one attached hydrogen (secondary N) is 1. The number of hydrogen-bond acceptors (Lipinski definition) is 4. The first-order valence-electron chi connectivity index (χ1n) is 9.19. The molecule has 2 aliphatic heterocycles. The second-order valence-corrected chi connectivity index (χ2v) is 7.74. The Hall–Kier alpha value is -1.07. The third-order valence-corrected chi connectivity index (χ3v) is 5.51. The molecule has 0 unspecified atom stereocenters. The maximum absolute atomic E-state index is 4.78. The van der Waals surface area contributed by atoms with E-state index in [0.717, 1.165) is 12.6 Å². The Bertz CT molecular complexity index is 534. The lowest BCUT2D eigenvalue weighted by molar-refractivity contribution is 0.180. The van der Waals surface area contributed by atoms with Crippen LogP contribution in [0.2, 0.25) is 0 Å². The van der Waals surface area contributed by atoms with Gasteiger partial charge in [0, 0.05) is 51.9 Å². The van der Waals surface area contributed by atoms with Crippen molar-refractivity contribution in [1.29, 1.82) is 0 Å². The highest BCUT2D eigenvalue weighted by Crippen LogP contribution is 2.30. The van der Waals surface area contributed by atoms with Crippen molar-refractivity contribution in [3.8, 4) is 0 Å². The molecule has 3 heterocycles. The van der Waals surface area contributed by atoms with E-state index in [0.29, 0.717) is 12.0 Å². The number of fused-ring (bicyclic) bond motifs is 1. The second-order valence-electron chi connectivity index (χ2n) is 7.74. The number of anilines is 1. The Morgan fingerprint density at radius 1 is 1.22 bits per heavy atom. The van der Waals surface area contributed by atoms with E-state index >= 15 is 0 Å². The van der Waals surface area contributed by atoms with Crippen LogP contribution in [0.15, 0.2) is 0 Å². The van der Waals surface area contributed by atoms with Gasteiger partial charge < -0.3 is 10.2 Å². The highest BCUT2D eigenvalue weighted by atomic mass is 15.4. The summed E-state index contributed by atoms with van der Waals surface area (Å²) >= 11 is 0. The lowest BCUT2D eigenvalue weighted by Crippen LogP contribution is -2.44. The highest BCUT2D eigenvalue weighted by molar-refractivity contribution is 5.50. The van der Waals surface area contributed by atoms with Gasteiger partial charge in [0.05, 0.1) is 5.69 Å². The monoisotopic (exact) mass is 319 g/mol. The van der Waals surface area contributed by atoms with Crippen molar-refractivity contribution in [1.82, 2.24) is 20.0 Å². The summed E-state index contributed by atoms with van der Waals surface area (Å²) in [5.74, 6) is 1.70. The summed E-state index contributed by atoms with van der Waals surface area (Å²) in [6.45, 7) is 7.99. The van der Waals surface area contributed by atoms with Gasteiger partial charge in [0.1, 0.15) is 5.82 Å². The van der Waals surface area contributed by atoms with Gasteiger partial charge in [0.25, 0.3) is 0 Å². The molecule has 5 nitrogen and oxygen atoms in total. The molecule has 1 aromatic heterocycles. The van der Waals surface area contributed by atoms with Crippen LogP contribution in [0.25, 0.3) is 0 Å². The second kappa shape index (κ2) is 6.81. The molecule has 0 aromatic carbocycles. The van der Waals surface area contributed by atoms with E-state index in [1.807, 2.05) is 4.68 Å². The third kappa shape index (κ3) is 3.26. The molecular weight excluding hydrogens is 286 g/mol. The zero-order chi connectivity index (χ0) is 16.6. The number of rotatable bonds is 5. The molecule has 2 saturated heterocycles. The SMILES string of the molecule is CC(C)c1nn(C)c(N(C)C)c1CN[C@@H]1CCN2CCCC[C@H]12. The zero-order valence-corrected chi connectivity index (χ0v) is 15.5. The van der Waals surface area contributed by atoms with Gasteiger partial charge in [-0.2, -0.15) is 5.10 Å². The van der Waals surface area contributed by atoms with Crippen molar-refractivity contribution in [2.45, 2.75) is 64.1 Å². The van der Waals surface area contributed by atoms with Gasteiger partial charge in [0.15, 0.2) is 0 Å². The average molecular weight is 319 g/mol. The van der Waals surface area contributed by atoms with E-state index in [1.54, 1.807) is 0 Å². The van der Waals surface area contributed by atoms with Crippen LogP contribution in [0, 0.1) is 0 Å². The lowest BCUT2D eigenvalue weighted by Gasteiger charge is -2.32. The van der Waals surface area contributed by atoms with Gasteiger partial charge in [-0.25, -0.2) is 0 Å². The molecule has 0 radical (unpaired) electrons. The lowest BCUT2D eigenvalue weighted by atomic mass is 9.98. The van der Waals surface area contributed by atoms with Crippen LogP contribution in [0.5, 0.6) is 0 Å². The number of nitrogens with zero attached hydrogens (tertiary/aromatic N) is 4. The largest absolute Gasteiger partial charge is 0.363 e. The Morgan fingerprint density at radius 3 is 2.70 bits per heavy atom. The molecule has 2 fully saturated rings. The smallest absolute Gasteiger partial charge is 0.130 e. The van der Waals surface area contributed by atoms with Crippen LogP contribution in [-0.4, -0.2) is 53.9 Å². The average Bonchev–Trinajstić information content (AvgIpc) is 3.06. The number of hydrogen-bond donors (Lipinski definition) is 1. The van der Waals surface area contributed by atoms with E-state index < -0.39 is 0 Å². The van der Waals surface area contributed by atoms with E-state index in [9.17, 15) is 0 Å². The highest BCUT2D eigenvalue weighted by Gasteiger charge is 2.35. The molecule has 2 aliphatic rings. The molecule has 2 atom stereocenters. The Labute approximate surface area is 141 Å². The number of aryl methyl sites for hydroxylation is 1. The fraction of sp³-hybridized carbons (Fsp3) is 0.833. The zero-order valence-electron chi connectivity index (χ0n) is 15.5. The molecule has 1 aromatic rings. The van der Waals surface area contributed by atoms with Crippen LogP contribution in [0.1, 0.15) is 56.7 Å². The van der Waals surface area contributed by atoms with Gasteiger partial charge in [-0.1, -0.05) is 20.3 Å². The minimum atomic E-state index is 0.460. The molecule has 5 heteroatoms. The van der Waals surface area contributed by atoms with E-state index in [4.69, 9.17) is 5.10 Å². The predicted octanol–water partition coefficient (Wildman–Crippen LogP) is 2.33. The molecule has 23 heavy (non-hydrogen) atoms. The third-order valence-electron chi connectivity index (χ3n) is 5.51. The van der Waals surface area contributed by atoms with Crippen molar-refractivity contribution >= 4 is 5.82 Å². The van der Waals surface area contributed by atoms with Crippen LogP contribution < -0.4 is 10.2 Å². The maximum atomic E-state index is 4.78. The molecule has 0 aliphatic carbocycles. The van der Waals surface area contributed by atoms with Crippen LogP contribution in [0.3, 0.4) is 0 Å². The van der Waals surface area contributed by atoms with Gasteiger partial charge in [-0.15, -0.1) is 0 Å². The van der Waals surface area contributed by atoms with Crippen molar-refractivity contribution < 1.29 is 0 Å². The number of aromatic nitrogens is 2. The summed E-state index contributed by atoms with van der Waals surface area (Å²) in [5.41, 5.74) is 2.61. The Balaban J connectivity index is 1.75. The predicted molar refractivity (Wildman–Crippen MR) is 96.1 cm³/mol. The Morgan fingerprint density at radius 2 is 2.00 bits per heavy atom. The topological polar surface area (TPSA) is 36.3 Å². The summed E-state index contributed by atoms with van der Waals surface area (Å²) in [7, 11) is 6.29. The van der Waals surface area contributed by atoms with Crippen molar-refractivity contribution in [2.75, 3.05) is 32.1 Å². The first kappa shape index (κ1) is 16.8. The summed E-state index contributed by atoms with van der Waals surface area (Å²) in [6.07, 6.45) is 5.43. The van der Waals surface area contributed by atoms with Crippen LogP contribution in [-0.2, 0) is 13.6 Å². The minimum absolute atomic E-state index is 0.460. The minimum Gasteiger partial charge on any atom is -0.363 e. The van der Waals surface area contributed by atoms with Crippen molar-refractivity contribution in [3.63, 3.8) is 0 Å². The van der Waals surface area contributed by atoms with Gasteiger partial charge in [-0.05, 0) is 31.7 Å². The molecule has 1 N–H and O–H groups in total. The van der Waals surface area contributed by atoms with Gasteiger partial charge in [-0.3, -0.25) is 9.58 Å². The van der Waals surface area contributed by atoms with E-state index in [1.165, 1.54) is 55.8 Å². The summed E-state index contributed by atoms with van der Waals surface area (Å²) in [6, 6.07) is 1.40. The molecular formula is C18H33N5. The first-order chi connectivity index (χ1) is 11.0. The molecule has 0 saturated carbocycles. The summed E-state index contributed by atoms with van der Waals surface area (Å²) in [5, 5.41) is 8.66. The maximum Gasteiger partial charge on any atom is 0.130 e. The van der Waals surface area contributed by atoms with Crippen molar-refractivity contribution in [2.24, 2.45) is 7.05 Å². The van der Waals surface area contributed by atoms with Crippen molar-refractivity contribution in [3.05, 3.63) is 11.3 Å². The summed E-state index contributed by atoms with van der Waals surface area (Å²) in [4.78, 5) is 4.89. The van der Waals surface area contributed by atoms with E-state index in [-0.39, 0.29) is 0 Å². The number of piperidine rings is 1. The summed E-state index contributed by atoms with van der Waals surface area (Å²) < 4.78 is 2.04. The van der Waals surface area contributed by atoms with Gasteiger partial charge in [0.2, 0.25) is 0 Å². The van der Waals surface area contributed by atoms with Gasteiger partial charge >= 0.3 is 0 Å². The normalized spacial score (nSPS) is 25.1.